The van der Waals surface area contributed by atoms with E-state index in [1.165, 1.54) is 7.11 Å². The van der Waals surface area contributed by atoms with Crippen molar-refractivity contribution in [2.24, 2.45) is 0 Å². The zero-order chi connectivity index (χ0) is 24.1. The van der Waals surface area contributed by atoms with Gasteiger partial charge in [-0.3, -0.25) is 0 Å². The van der Waals surface area contributed by atoms with E-state index < -0.39 is 18.3 Å². The maximum Gasteiger partial charge on any atom is 0.408 e. The highest BCUT2D eigenvalue weighted by molar-refractivity contribution is 5.89. The number of halogens is 3. The van der Waals surface area contributed by atoms with Crippen LogP contribution >= 0.6 is 0 Å². The number of aromatic nitrogens is 6. The minimum absolute atomic E-state index is 0.140. The van der Waals surface area contributed by atoms with E-state index in [-0.39, 0.29) is 11.6 Å². The maximum absolute atomic E-state index is 12.9. The number of rotatable bonds is 5. The predicted molar refractivity (Wildman–Crippen MR) is 119 cm³/mol. The first kappa shape index (κ1) is 22.4. The third-order valence-corrected chi connectivity index (χ3v) is 6.22. The molecule has 0 radical (unpaired) electrons. The van der Waals surface area contributed by atoms with Gasteiger partial charge in [0, 0.05) is 17.8 Å². The van der Waals surface area contributed by atoms with Crippen molar-refractivity contribution in [3.8, 4) is 17.0 Å². The van der Waals surface area contributed by atoms with Gasteiger partial charge in [-0.05, 0) is 56.4 Å². The standard InChI is InChI=1S/C22H24F3N7O2/c1-21(33)8-5-14(6-9-21)26-20-27-19(34-2)18-15(7-10-31(18)29-20)13-3-4-16-17(11-13)32(30-28-16)12-22(23,24)25/h3-4,7,10-11,14,33H,5-6,8-9,12H2,1-2H3,(H,26,29)/t14-,21-. The lowest BCUT2D eigenvalue weighted by molar-refractivity contribution is -0.142. The Morgan fingerprint density at radius 1 is 1.24 bits per heavy atom. The molecule has 9 nitrogen and oxygen atoms in total. The van der Waals surface area contributed by atoms with Crippen molar-refractivity contribution in [1.29, 1.82) is 0 Å². The SMILES string of the molecule is COc1nc(N[C@H]2CC[C@](C)(O)CC2)nn2ccc(-c3ccc4nnn(CC(F)(F)F)c4c3)c12. The number of ether oxygens (including phenoxy) is 1. The fourth-order valence-corrected chi connectivity index (χ4v) is 4.41. The summed E-state index contributed by atoms with van der Waals surface area (Å²) in [5.41, 5.74) is 1.98. The average molecular weight is 475 g/mol. The summed E-state index contributed by atoms with van der Waals surface area (Å²) in [5.74, 6) is 0.739. The van der Waals surface area contributed by atoms with Crippen LogP contribution in [0.2, 0.25) is 0 Å². The second-order valence-electron chi connectivity index (χ2n) is 8.95. The van der Waals surface area contributed by atoms with E-state index in [0.29, 0.717) is 46.8 Å². The maximum atomic E-state index is 12.9. The minimum atomic E-state index is -4.41. The van der Waals surface area contributed by atoms with Crippen LogP contribution in [0.3, 0.4) is 0 Å². The number of methoxy groups -OCH3 is 1. The molecule has 2 N–H and O–H groups in total. The number of alkyl halides is 3. The first-order chi connectivity index (χ1) is 16.1. The van der Waals surface area contributed by atoms with Crippen LogP contribution in [0.5, 0.6) is 5.88 Å². The summed E-state index contributed by atoms with van der Waals surface area (Å²) in [7, 11) is 1.51. The van der Waals surface area contributed by atoms with Gasteiger partial charge in [-0.15, -0.1) is 10.2 Å². The van der Waals surface area contributed by atoms with Gasteiger partial charge in [-0.1, -0.05) is 11.3 Å². The van der Waals surface area contributed by atoms with Gasteiger partial charge in [0.15, 0.2) is 0 Å². The molecular weight excluding hydrogens is 451 g/mol. The van der Waals surface area contributed by atoms with Gasteiger partial charge in [0.25, 0.3) is 0 Å². The Bertz CT molecular complexity index is 1340. The monoisotopic (exact) mass is 475 g/mol. The molecule has 34 heavy (non-hydrogen) atoms. The summed E-state index contributed by atoms with van der Waals surface area (Å²) in [4.78, 5) is 4.52. The average Bonchev–Trinajstić information content (AvgIpc) is 3.37. The summed E-state index contributed by atoms with van der Waals surface area (Å²) in [5, 5.41) is 25.5. The molecule has 0 amide bonds. The third kappa shape index (κ3) is 4.37. The first-order valence-corrected chi connectivity index (χ1v) is 10.9. The van der Waals surface area contributed by atoms with Crippen molar-refractivity contribution in [2.45, 2.75) is 57.0 Å². The van der Waals surface area contributed by atoms with E-state index in [0.717, 1.165) is 17.5 Å². The lowest BCUT2D eigenvalue weighted by Gasteiger charge is -2.33. The molecule has 3 aromatic heterocycles. The highest BCUT2D eigenvalue weighted by Gasteiger charge is 2.30. The lowest BCUT2D eigenvalue weighted by atomic mass is 9.84. The molecule has 0 spiro atoms. The number of hydrogen-bond acceptors (Lipinski definition) is 7. The van der Waals surface area contributed by atoms with Gasteiger partial charge in [0.05, 0.1) is 18.2 Å². The molecule has 0 saturated heterocycles. The smallest absolute Gasteiger partial charge is 0.408 e. The molecule has 0 bridgehead atoms. The first-order valence-electron chi connectivity index (χ1n) is 10.9. The van der Waals surface area contributed by atoms with Gasteiger partial charge < -0.3 is 15.2 Å². The van der Waals surface area contributed by atoms with Crippen molar-refractivity contribution < 1.29 is 23.0 Å². The van der Waals surface area contributed by atoms with Gasteiger partial charge in [0.1, 0.15) is 17.6 Å². The van der Waals surface area contributed by atoms with Gasteiger partial charge in [-0.2, -0.15) is 18.2 Å². The predicted octanol–water partition coefficient (Wildman–Crippen LogP) is 3.82. The Morgan fingerprint density at radius 3 is 2.71 bits per heavy atom. The van der Waals surface area contributed by atoms with E-state index >= 15 is 0 Å². The Kier molecular flexibility index (Phi) is 5.34. The summed E-state index contributed by atoms with van der Waals surface area (Å²) in [6.07, 6.45) is 0.329. The summed E-state index contributed by atoms with van der Waals surface area (Å²) in [6.45, 7) is 0.626. The van der Waals surface area contributed by atoms with Crippen molar-refractivity contribution in [2.75, 3.05) is 12.4 Å². The lowest BCUT2D eigenvalue weighted by Crippen LogP contribution is -2.36. The van der Waals surface area contributed by atoms with E-state index in [4.69, 9.17) is 4.74 Å². The molecule has 180 valence electrons. The number of nitrogens with zero attached hydrogens (tertiary/aromatic N) is 6. The Labute approximate surface area is 192 Å². The van der Waals surface area contributed by atoms with Gasteiger partial charge in [-0.25, -0.2) is 9.20 Å². The van der Waals surface area contributed by atoms with Crippen molar-refractivity contribution in [3.63, 3.8) is 0 Å². The topological polar surface area (TPSA) is 102 Å². The van der Waals surface area contributed by atoms with E-state index in [2.05, 4.69) is 25.7 Å². The molecule has 4 aromatic rings. The van der Waals surface area contributed by atoms with Crippen LogP contribution < -0.4 is 10.1 Å². The molecule has 1 aliphatic carbocycles. The largest absolute Gasteiger partial charge is 0.479 e. The molecule has 1 aliphatic rings. The number of benzene rings is 1. The summed E-state index contributed by atoms with van der Waals surface area (Å²) >= 11 is 0. The van der Waals surface area contributed by atoms with Crippen LogP contribution in [-0.2, 0) is 6.54 Å². The molecule has 5 rings (SSSR count). The minimum Gasteiger partial charge on any atom is -0.479 e. The van der Waals surface area contributed by atoms with Crippen molar-refractivity contribution >= 4 is 22.5 Å². The molecular formula is C22H24F3N7O2. The van der Waals surface area contributed by atoms with Crippen LogP contribution in [0, 0.1) is 0 Å². The van der Waals surface area contributed by atoms with Crippen LogP contribution in [-0.4, -0.2) is 59.6 Å². The Morgan fingerprint density at radius 2 is 2.00 bits per heavy atom. The summed E-state index contributed by atoms with van der Waals surface area (Å²) in [6, 6.07) is 6.98. The number of aliphatic hydroxyl groups is 1. The quantitative estimate of drug-likeness (QED) is 0.452. The third-order valence-electron chi connectivity index (χ3n) is 6.22. The van der Waals surface area contributed by atoms with E-state index in [1.807, 2.05) is 13.0 Å². The van der Waals surface area contributed by atoms with Crippen LogP contribution in [0.1, 0.15) is 32.6 Å². The van der Waals surface area contributed by atoms with E-state index in [1.54, 1.807) is 28.9 Å². The molecule has 0 atom stereocenters. The molecule has 3 heterocycles. The van der Waals surface area contributed by atoms with Gasteiger partial charge >= 0.3 is 6.18 Å². The number of hydrogen-bond donors (Lipinski definition) is 2. The molecule has 1 saturated carbocycles. The highest BCUT2D eigenvalue weighted by Crippen LogP contribution is 2.34. The van der Waals surface area contributed by atoms with Crippen molar-refractivity contribution in [3.05, 3.63) is 30.5 Å². The Balaban J connectivity index is 1.49. The molecule has 0 unspecified atom stereocenters. The molecule has 1 aromatic carbocycles. The number of anilines is 1. The highest BCUT2D eigenvalue weighted by atomic mass is 19.4. The fraction of sp³-hybridized carbons (Fsp3) is 0.455. The van der Waals surface area contributed by atoms with Crippen molar-refractivity contribution in [1.82, 2.24) is 29.6 Å². The Hall–Kier alpha value is -3.41. The molecule has 1 fully saturated rings. The summed E-state index contributed by atoms with van der Waals surface area (Å²) < 4.78 is 46.8. The van der Waals surface area contributed by atoms with Crippen LogP contribution in [0.25, 0.3) is 27.7 Å². The molecule has 12 heteroatoms. The van der Waals surface area contributed by atoms with Crippen LogP contribution in [0.4, 0.5) is 19.1 Å². The van der Waals surface area contributed by atoms with Gasteiger partial charge in [0.2, 0.25) is 11.8 Å². The molecule has 0 aliphatic heterocycles. The zero-order valence-corrected chi connectivity index (χ0v) is 18.7. The van der Waals surface area contributed by atoms with Crippen LogP contribution in [0.15, 0.2) is 30.5 Å². The second kappa shape index (κ2) is 8.12. The number of fused-ring (bicyclic) bond motifs is 2. The number of nitrogens with one attached hydrogen (secondary N) is 1. The fourth-order valence-electron chi connectivity index (χ4n) is 4.41. The van der Waals surface area contributed by atoms with E-state index in [9.17, 15) is 18.3 Å². The second-order valence-corrected chi connectivity index (χ2v) is 8.95. The normalized spacial score (nSPS) is 21.3. The zero-order valence-electron chi connectivity index (χ0n) is 18.7.